The minimum absolute atomic E-state index is 0.0794. The lowest BCUT2D eigenvalue weighted by Gasteiger charge is -2.24. The molecule has 0 aromatic heterocycles. The molecule has 0 N–H and O–H groups in total. The monoisotopic (exact) mass is 164 g/mol. The van der Waals surface area contributed by atoms with Crippen LogP contribution in [-0.2, 0) is 9.47 Å². The molecule has 1 saturated carbocycles. The SMILES string of the molecule is O=C(OCCl)OC1CCC1. The Morgan fingerprint density at radius 2 is 2.30 bits per heavy atom. The van der Waals surface area contributed by atoms with E-state index in [4.69, 9.17) is 16.3 Å². The van der Waals surface area contributed by atoms with Crippen molar-refractivity contribution in [3.63, 3.8) is 0 Å². The standard InChI is InChI=1S/C6H9ClO3/c7-4-9-6(8)10-5-2-1-3-5/h5H,1-4H2. The van der Waals surface area contributed by atoms with Gasteiger partial charge in [0.05, 0.1) is 0 Å². The summed E-state index contributed by atoms with van der Waals surface area (Å²) in [5.41, 5.74) is 0. The van der Waals surface area contributed by atoms with Crippen molar-refractivity contribution >= 4 is 17.8 Å². The van der Waals surface area contributed by atoms with Crippen LogP contribution in [0.5, 0.6) is 0 Å². The van der Waals surface area contributed by atoms with Gasteiger partial charge in [-0.05, 0) is 19.3 Å². The molecule has 1 aliphatic carbocycles. The summed E-state index contributed by atoms with van der Waals surface area (Å²) in [5.74, 6) is 0. The molecular weight excluding hydrogens is 156 g/mol. The average Bonchev–Trinajstić information content (AvgIpc) is 1.80. The first-order valence-corrected chi connectivity index (χ1v) is 3.76. The smallest absolute Gasteiger partial charge is 0.431 e. The van der Waals surface area contributed by atoms with Gasteiger partial charge in [0, 0.05) is 0 Å². The molecule has 0 atom stereocenters. The second-order valence-corrected chi connectivity index (χ2v) is 2.39. The van der Waals surface area contributed by atoms with Gasteiger partial charge in [-0.1, -0.05) is 11.6 Å². The third-order valence-electron chi connectivity index (χ3n) is 1.49. The van der Waals surface area contributed by atoms with Gasteiger partial charge in [-0.15, -0.1) is 0 Å². The topological polar surface area (TPSA) is 35.5 Å². The molecule has 3 nitrogen and oxygen atoms in total. The summed E-state index contributed by atoms with van der Waals surface area (Å²) in [6.45, 7) is 0. The quantitative estimate of drug-likeness (QED) is 0.462. The summed E-state index contributed by atoms with van der Waals surface area (Å²) in [5, 5.41) is 0. The molecule has 0 spiro atoms. The van der Waals surface area contributed by atoms with Crippen LogP contribution in [0.25, 0.3) is 0 Å². The molecule has 0 heterocycles. The molecule has 0 aliphatic heterocycles. The lowest BCUT2D eigenvalue weighted by atomic mass is 9.96. The number of carbonyl (C=O) groups is 1. The van der Waals surface area contributed by atoms with Crippen molar-refractivity contribution in [2.75, 3.05) is 6.07 Å². The van der Waals surface area contributed by atoms with E-state index in [0.717, 1.165) is 19.3 Å². The number of carbonyl (C=O) groups excluding carboxylic acids is 1. The Morgan fingerprint density at radius 3 is 2.70 bits per heavy atom. The van der Waals surface area contributed by atoms with Crippen molar-refractivity contribution in [3.05, 3.63) is 0 Å². The second-order valence-electron chi connectivity index (χ2n) is 2.17. The number of halogens is 1. The predicted octanol–water partition coefficient (Wildman–Crippen LogP) is 1.89. The van der Waals surface area contributed by atoms with Gasteiger partial charge >= 0.3 is 6.16 Å². The van der Waals surface area contributed by atoms with E-state index in [1.807, 2.05) is 0 Å². The van der Waals surface area contributed by atoms with Gasteiger partial charge < -0.3 is 9.47 Å². The predicted molar refractivity (Wildman–Crippen MR) is 35.9 cm³/mol. The molecule has 1 aliphatic rings. The van der Waals surface area contributed by atoms with E-state index < -0.39 is 6.16 Å². The molecule has 0 aromatic carbocycles. The average molecular weight is 165 g/mol. The van der Waals surface area contributed by atoms with Crippen molar-refractivity contribution in [2.24, 2.45) is 0 Å². The summed E-state index contributed by atoms with van der Waals surface area (Å²) in [6, 6.07) is -0.133. The van der Waals surface area contributed by atoms with Gasteiger partial charge in [-0.3, -0.25) is 0 Å². The van der Waals surface area contributed by atoms with E-state index in [1.165, 1.54) is 0 Å². The zero-order valence-electron chi connectivity index (χ0n) is 5.51. The van der Waals surface area contributed by atoms with Gasteiger partial charge in [-0.2, -0.15) is 0 Å². The maximum Gasteiger partial charge on any atom is 0.509 e. The molecule has 0 bridgehead atoms. The third-order valence-corrected chi connectivity index (χ3v) is 1.60. The van der Waals surface area contributed by atoms with Gasteiger partial charge in [0.2, 0.25) is 0 Å². The highest BCUT2D eigenvalue weighted by Crippen LogP contribution is 2.22. The van der Waals surface area contributed by atoms with Crippen LogP contribution in [0, 0.1) is 0 Å². The van der Waals surface area contributed by atoms with Gasteiger partial charge in [0.25, 0.3) is 0 Å². The fraction of sp³-hybridized carbons (Fsp3) is 0.833. The van der Waals surface area contributed by atoms with Gasteiger partial charge in [0.1, 0.15) is 6.10 Å². The van der Waals surface area contributed by atoms with E-state index in [2.05, 4.69) is 4.74 Å². The number of hydrogen-bond donors (Lipinski definition) is 0. The largest absolute Gasteiger partial charge is 0.509 e. The Balaban J connectivity index is 2.05. The van der Waals surface area contributed by atoms with Crippen LogP contribution in [-0.4, -0.2) is 18.3 Å². The fourth-order valence-corrected chi connectivity index (χ4v) is 0.792. The van der Waals surface area contributed by atoms with Crippen molar-refractivity contribution in [3.8, 4) is 0 Å². The normalized spacial score (nSPS) is 17.7. The van der Waals surface area contributed by atoms with Gasteiger partial charge in [0.15, 0.2) is 6.07 Å². The highest BCUT2D eigenvalue weighted by molar-refractivity contribution is 6.17. The van der Waals surface area contributed by atoms with Crippen molar-refractivity contribution < 1.29 is 14.3 Å². The number of rotatable bonds is 2. The van der Waals surface area contributed by atoms with E-state index in [-0.39, 0.29) is 12.2 Å². The third kappa shape index (κ3) is 2.06. The first-order valence-electron chi connectivity index (χ1n) is 3.22. The van der Waals surface area contributed by atoms with Crippen LogP contribution in [0.1, 0.15) is 19.3 Å². The fourth-order valence-electron chi connectivity index (χ4n) is 0.703. The number of hydrogen-bond acceptors (Lipinski definition) is 3. The summed E-state index contributed by atoms with van der Waals surface area (Å²) in [7, 11) is 0. The lowest BCUT2D eigenvalue weighted by Crippen LogP contribution is -2.25. The maximum atomic E-state index is 10.5. The van der Waals surface area contributed by atoms with Crippen LogP contribution < -0.4 is 0 Å². The molecule has 0 saturated heterocycles. The Hall–Kier alpha value is -0.440. The van der Waals surface area contributed by atoms with Crippen LogP contribution in [0.3, 0.4) is 0 Å². The van der Waals surface area contributed by atoms with Crippen molar-refractivity contribution in [1.29, 1.82) is 0 Å². The Bertz CT molecular complexity index is 122. The summed E-state index contributed by atoms with van der Waals surface area (Å²) in [4.78, 5) is 10.5. The highest BCUT2D eigenvalue weighted by atomic mass is 35.5. The van der Waals surface area contributed by atoms with Gasteiger partial charge in [-0.25, -0.2) is 4.79 Å². The minimum Gasteiger partial charge on any atom is -0.431 e. The van der Waals surface area contributed by atoms with Crippen LogP contribution in [0.2, 0.25) is 0 Å². The number of alkyl halides is 1. The van der Waals surface area contributed by atoms with E-state index >= 15 is 0 Å². The summed E-state index contributed by atoms with van der Waals surface area (Å²) >= 11 is 5.12. The zero-order chi connectivity index (χ0) is 7.40. The Labute approximate surface area is 64.3 Å². The maximum absolute atomic E-state index is 10.5. The molecular formula is C6H9ClO3. The van der Waals surface area contributed by atoms with Crippen LogP contribution in [0.15, 0.2) is 0 Å². The molecule has 1 fully saturated rings. The minimum atomic E-state index is -0.653. The molecule has 0 unspecified atom stereocenters. The van der Waals surface area contributed by atoms with Crippen LogP contribution in [0.4, 0.5) is 4.79 Å². The second kappa shape index (κ2) is 3.66. The zero-order valence-corrected chi connectivity index (χ0v) is 6.26. The highest BCUT2D eigenvalue weighted by Gasteiger charge is 2.21. The van der Waals surface area contributed by atoms with E-state index in [0.29, 0.717) is 0 Å². The molecule has 0 amide bonds. The lowest BCUT2D eigenvalue weighted by molar-refractivity contribution is 0.00342. The summed E-state index contributed by atoms with van der Waals surface area (Å²) < 4.78 is 9.13. The first-order chi connectivity index (χ1) is 4.83. The molecule has 0 radical (unpaired) electrons. The van der Waals surface area contributed by atoms with Crippen molar-refractivity contribution in [1.82, 2.24) is 0 Å². The molecule has 1 rings (SSSR count). The van der Waals surface area contributed by atoms with Crippen LogP contribution >= 0.6 is 11.6 Å². The molecule has 10 heavy (non-hydrogen) atoms. The summed E-state index contributed by atoms with van der Waals surface area (Å²) in [6.07, 6.45) is 2.48. The van der Waals surface area contributed by atoms with E-state index in [9.17, 15) is 4.79 Å². The van der Waals surface area contributed by atoms with E-state index in [1.54, 1.807) is 0 Å². The Morgan fingerprint density at radius 1 is 1.60 bits per heavy atom. The first kappa shape index (κ1) is 7.66. The molecule has 58 valence electrons. The number of ether oxygens (including phenoxy) is 2. The Kier molecular flexibility index (Phi) is 2.81. The molecule has 4 heteroatoms. The molecule has 0 aromatic rings. The van der Waals surface area contributed by atoms with Crippen molar-refractivity contribution in [2.45, 2.75) is 25.4 Å².